The molecule has 0 saturated heterocycles. The fourth-order valence-electron chi connectivity index (χ4n) is 1.35. The third-order valence-corrected chi connectivity index (χ3v) is 2.23. The zero-order chi connectivity index (χ0) is 13.3. The van der Waals surface area contributed by atoms with E-state index in [1.54, 1.807) is 0 Å². The maximum Gasteiger partial charge on any atom is 0.356 e. The number of aromatic nitrogens is 2. The summed E-state index contributed by atoms with van der Waals surface area (Å²) in [6, 6.07) is 5.04. The van der Waals surface area contributed by atoms with Crippen molar-refractivity contribution >= 4 is 11.7 Å². The summed E-state index contributed by atoms with van der Waals surface area (Å²) in [7, 11) is 0. The lowest BCUT2D eigenvalue weighted by molar-refractivity contribution is 0.0949. The van der Waals surface area contributed by atoms with E-state index in [0.29, 0.717) is 10.8 Å². The molecule has 0 aliphatic heterocycles. The summed E-state index contributed by atoms with van der Waals surface area (Å²) in [6.07, 6.45) is 0.583. The van der Waals surface area contributed by atoms with Crippen LogP contribution in [0.5, 0.6) is 0 Å². The number of nitrogens with zero attached hydrogens (tertiary/aromatic N) is 2. The monoisotopic (exact) mass is 251 g/mol. The number of hydrogen-bond acceptors (Lipinski definition) is 4. The molecule has 18 heavy (non-hydrogen) atoms. The van der Waals surface area contributed by atoms with Crippen molar-refractivity contribution in [3.05, 3.63) is 58.1 Å². The average Bonchev–Trinajstić information content (AvgIpc) is 2.33. The van der Waals surface area contributed by atoms with Crippen LogP contribution in [0.4, 0.5) is 14.6 Å². The molecule has 0 spiro atoms. The highest BCUT2D eigenvalue weighted by molar-refractivity contribution is 5.96. The Morgan fingerprint density at radius 2 is 1.89 bits per heavy atom. The van der Waals surface area contributed by atoms with Gasteiger partial charge in [0.15, 0.2) is 11.6 Å². The van der Waals surface area contributed by atoms with Gasteiger partial charge in [0.2, 0.25) is 0 Å². The lowest BCUT2D eigenvalue weighted by Crippen LogP contribution is -2.30. The van der Waals surface area contributed by atoms with Crippen LogP contribution >= 0.6 is 0 Å². The fourth-order valence-corrected chi connectivity index (χ4v) is 1.35. The van der Waals surface area contributed by atoms with E-state index in [9.17, 15) is 18.4 Å². The van der Waals surface area contributed by atoms with Gasteiger partial charge < -0.3 is 5.73 Å². The third-order valence-electron chi connectivity index (χ3n) is 2.23. The number of nitrogens with two attached hydrogens (primary N) is 1. The van der Waals surface area contributed by atoms with Gasteiger partial charge in [-0.1, -0.05) is 12.1 Å². The molecule has 7 heteroatoms. The van der Waals surface area contributed by atoms with Gasteiger partial charge in [0.05, 0.1) is 11.8 Å². The molecule has 0 atom stereocenters. The van der Waals surface area contributed by atoms with Gasteiger partial charge in [-0.05, 0) is 12.1 Å². The molecule has 0 unspecified atom stereocenters. The number of rotatable bonds is 1. The summed E-state index contributed by atoms with van der Waals surface area (Å²) < 4.78 is 26.9. The van der Waals surface area contributed by atoms with Gasteiger partial charge in [0.1, 0.15) is 5.82 Å². The molecule has 0 radical (unpaired) electrons. The summed E-state index contributed by atoms with van der Waals surface area (Å²) in [6.45, 7) is 0. The molecule has 0 aliphatic carbocycles. The van der Waals surface area contributed by atoms with Gasteiger partial charge in [-0.2, -0.15) is 4.98 Å². The number of carbonyl (C=O) groups excluding carboxylic acids is 1. The largest absolute Gasteiger partial charge is 0.381 e. The minimum Gasteiger partial charge on any atom is -0.381 e. The molecule has 1 aromatic heterocycles. The fraction of sp³-hybridized carbons (Fsp3) is 0. The number of carbonyl (C=O) groups is 1. The highest BCUT2D eigenvalue weighted by atomic mass is 19.1. The predicted octanol–water partition coefficient (Wildman–Crippen LogP) is 0.792. The standard InChI is InChI=1S/C11H7F2N3O2/c12-7-4-2-1-3-6(7)10(17)16-5-8(13)9(14)15-11(16)18/h1-5H,(H2,14,15,18). The van der Waals surface area contributed by atoms with E-state index in [2.05, 4.69) is 4.98 Å². The number of hydrogen-bond donors (Lipinski definition) is 1. The Labute approximate surface area is 99.5 Å². The summed E-state index contributed by atoms with van der Waals surface area (Å²) in [5.74, 6) is -3.46. The minimum absolute atomic E-state index is 0.356. The Bertz CT molecular complexity index is 682. The second kappa shape index (κ2) is 4.36. The maximum atomic E-state index is 13.4. The molecule has 0 fully saturated rings. The van der Waals surface area contributed by atoms with Gasteiger partial charge in [0.25, 0.3) is 5.91 Å². The van der Waals surface area contributed by atoms with Crippen molar-refractivity contribution in [3.8, 4) is 0 Å². The SMILES string of the molecule is Nc1nc(=O)n(C(=O)c2ccccc2F)cc1F. The molecule has 2 N–H and O–H groups in total. The highest BCUT2D eigenvalue weighted by Gasteiger charge is 2.16. The van der Waals surface area contributed by atoms with Crippen LogP contribution in [0.25, 0.3) is 0 Å². The van der Waals surface area contributed by atoms with Crippen LogP contribution in [-0.2, 0) is 0 Å². The molecule has 1 heterocycles. The lowest BCUT2D eigenvalue weighted by atomic mass is 10.2. The van der Waals surface area contributed by atoms with Crippen LogP contribution in [0, 0.1) is 11.6 Å². The molecule has 2 rings (SSSR count). The van der Waals surface area contributed by atoms with Crippen molar-refractivity contribution in [2.75, 3.05) is 5.73 Å². The number of nitrogen functional groups attached to an aromatic ring is 1. The van der Waals surface area contributed by atoms with Gasteiger partial charge in [-0.15, -0.1) is 0 Å². The average molecular weight is 251 g/mol. The zero-order valence-corrected chi connectivity index (χ0v) is 8.93. The van der Waals surface area contributed by atoms with Crippen molar-refractivity contribution in [2.45, 2.75) is 0 Å². The molecular weight excluding hydrogens is 244 g/mol. The molecule has 0 amide bonds. The maximum absolute atomic E-state index is 13.4. The van der Waals surface area contributed by atoms with E-state index in [0.717, 1.165) is 6.07 Å². The molecule has 5 nitrogen and oxygen atoms in total. The van der Waals surface area contributed by atoms with E-state index < -0.39 is 29.0 Å². The first-order valence-corrected chi connectivity index (χ1v) is 4.84. The molecule has 0 saturated carbocycles. The van der Waals surface area contributed by atoms with Crippen LogP contribution in [0.2, 0.25) is 0 Å². The molecule has 92 valence electrons. The molecule has 2 aromatic rings. The first-order valence-electron chi connectivity index (χ1n) is 4.84. The lowest BCUT2D eigenvalue weighted by Gasteiger charge is -2.05. The molecule has 0 bridgehead atoms. The van der Waals surface area contributed by atoms with Crippen molar-refractivity contribution in [1.29, 1.82) is 0 Å². The van der Waals surface area contributed by atoms with Crippen LogP contribution in [-0.4, -0.2) is 15.5 Å². The Hall–Kier alpha value is -2.57. The van der Waals surface area contributed by atoms with Crippen molar-refractivity contribution in [3.63, 3.8) is 0 Å². The first kappa shape index (κ1) is 11.9. The Morgan fingerprint density at radius 1 is 1.22 bits per heavy atom. The summed E-state index contributed by atoms with van der Waals surface area (Å²) in [5.41, 5.74) is 3.65. The van der Waals surface area contributed by atoms with Gasteiger partial charge >= 0.3 is 5.69 Å². The minimum atomic E-state index is -1.07. The van der Waals surface area contributed by atoms with E-state index in [4.69, 9.17) is 5.73 Å². The van der Waals surface area contributed by atoms with Crippen molar-refractivity contribution in [2.24, 2.45) is 0 Å². The third kappa shape index (κ3) is 1.97. The quantitative estimate of drug-likeness (QED) is 0.812. The van der Waals surface area contributed by atoms with E-state index >= 15 is 0 Å². The molecule has 0 aliphatic rings. The second-order valence-electron chi connectivity index (χ2n) is 3.41. The highest BCUT2D eigenvalue weighted by Crippen LogP contribution is 2.09. The van der Waals surface area contributed by atoms with Crippen molar-refractivity contribution < 1.29 is 13.6 Å². The van der Waals surface area contributed by atoms with Gasteiger partial charge in [-0.25, -0.2) is 18.1 Å². The first-order chi connectivity index (χ1) is 8.50. The second-order valence-corrected chi connectivity index (χ2v) is 3.41. The molecule has 1 aromatic carbocycles. The Kier molecular flexibility index (Phi) is 2.88. The van der Waals surface area contributed by atoms with Crippen LogP contribution in [0.3, 0.4) is 0 Å². The summed E-state index contributed by atoms with van der Waals surface area (Å²) in [5, 5.41) is 0. The van der Waals surface area contributed by atoms with Crippen molar-refractivity contribution in [1.82, 2.24) is 9.55 Å². The Morgan fingerprint density at radius 3 is 2.56 bits per heavy atom. The Balaban J connectivity index is 2.57. The smallest absolute Gasteiger partial charge is 0.356 e. The zero-order valence-electron chi connectivity index (χ0n) is 8.93. The molecular formula is C11H7F2N3O2. The van der Waals surface area contributed by atoms with Crippen LogP contribution in [0.1, 0.15) is 10.4 Å². The summed E-state index contributed by atoms with van der Waals surface area (Å²) >= 11 is 0. The van der Waals surface area contributed by atoms with Crippen LogP contribution in [0.15, 0.2) is 35.3 Å². The van der Waals surface area contributed by atoms with Crippen LogP contribution < -0.4 is 11.4 Å². The van der Waals surface area contributed by atoms with E-state index in [-0.39, 0.29) is 5.56 Å². The number of halogens is 2. The number of anilines is 1. The van der Waals surface area contributed by atoms with Gasteiger partial charge in [-0.3, -0.25) is 4.79 Å². The number of benzene rings is 1. The van der Waals surface area contributed by atoms with E-state index in [1.165, 1.54) is 18.2 Å². The summed E-state index contributed by atoms with van der Waals surface area (Å²) in [4.78, 5) is 26.3. The van der Waals surface area contributed by atoms with E-state index in [1.807, 2.05) is 0 Å². The normalized spacial score (nSPS) is 10.3. The topological polar surface area (TPSA) is 78.0 Å². The van der Waals surface area contributed by atoms with Gasteiger partial charge in [0, 0.05) is 0 Å². The predicted molar refractivity (Wildman–Crippen MR) is 59.0 cm³/mol.